The first-order chi connectivity index (χ1) is 9.70. The van der Waals surface area contributed by atoms with Crippen molar-refractivity contribution in [3.63, 3.8) is 0 Å². The van der Waals surface area contributed by atoms with Gasteiger partial charge in [0.1, 0.15) is 7.11 Å². The smallest absolute Gasteiger partial charge is 0.269 e. The highest BCUT2D eigenvalue weighted by Gasteiger charge is 2.09. The highest BCUT2D eigenvalue weighted by Crippen LogP contribution is 2.14. The molecule has 0 aliphatic heterocycles. The number of nitrogens with zero attached hydrogens (tertiary/aromatic N) is 3. The van der Waals surface area contributed by atoms with Crippen LogP contribution in [0.15, 0.2) is 53.9 Å². The van der Waals surface area contributed by atoms with Gasteiger partial charge < -0.3 is 4.84 Å². The van der Waals surface area contributed by atoms with Crippen molar-refractivity contribution in [3.8, 4) is 0 Å². The van der Waals surface area contributed by atoms with Crippen molar-refractivity contribution in [3.05, 3.63) is 70.0 Å². The summed E-state index contributed by atoms with van der Waals surface area (Å²) in [6.07, 6.45) is 3.98. The molecule has 0 radical (unpaired) electrons. The predicted octanol–water partition coefficient (Wildman–Crippen LogP) is 2.58. The summed E-state index contributed by atoms with van der Waals surface area (Å²) in [5, 5.41) is 14.6. The Kier molecular flexibility index (Phi) is 4.39. The number of hydrogen-bond donors (Lipinski definition) is 0. The molecule has 0 spiro atoms. The van der Waals surface area contributed by atoms with Gasteiger partial charge in [0.05, 0.1) is 10.6 Å². The third-order valence-electron chi connectivity index (χ3n) is 2.71. The van der Waals surface area contributed by atoms with Crippen molar-refractivity contribution < 1.29 is 9.76 Å². The lowest BCUT2D eigenvalue weighted by molar-refractivity contribution is -0.384. The summed E-state index contributed by atoms with van der Waals surface area (Å²) < 4.78 is 0. The second-order valence-corrected chi connectivity index (χ2v) is 4.06. The fraction of sp³-hybridized carbons (Fsp3) is 0.143. The molecule has 20 heavy (non-hydrogen) atoms. The monoisotopic (exact) mass is 271 g/mol. The quantitative estimate of drug-likeness (QED) is 0.475. The number of hydrogen-bond acceptors (Lipinski definition) is 5. The summed E-state index contributed by atoms with van der Waals surface area (Å²) in [4.78, 5) is 19.1. The van der Waals surface area contributed by atoms with Crippen LogP contribution in [0.5, 0.6) is 0 Å². The van der Waals surface area contributed by atoms with Crippen LogP contribution in [0, 0.1) is 10.1 Å². The van der Waals surface area contributed by atoms with Crippen molar-refractivity contribution in [1.82, 2.24) is 4.98 Å². The second-order valence-electron chi connectivity index (χ2n) is 4.06. The molecule has 1 heterocycles. The van der Waals surface area contributed by atoms with Crippen LogP contribution in [-0.4, -0.2) is 22.7 Å². The number of aromatic nitrogens is 1. The maximum absolute atomic E-state index is 10.6. The number of benzene rings is 1. The molecule has 0 N–H and O–H groups in total. The minimum Gasteiger partial charge on any atom is -0.399 e. The molecule has 0 unspecified atom stereocenters. The summed E-state index contributed by atoms with van der Waals surface area (Å²) in [5.41, 5.74) is 2.50. The minimum absolute atomic E-state index is 0.0481. The Labute approximate surface area is 115 Å². The standard InChI is InChI=1S/C14H13N3O3/c1-20-16-14(9-11-3-2-8-15-10-11)12-4-6-13(7-5-12)17(18)19/h2-8,10H,9H2,1H3. The van der Waals surface area contributed by atoms with Gasteiger partial charge in [-0.25, -0.2) is 0 Å². The number of nitro benzene ring substituents is 1. The van der Waals surface area contributed by atoms with E-state index in [1.807, 2.05) is 12.1 Å². The molecule has 0 fully saturated rings. The van der Waals surface area contributed by atoms with Crippen LogP contribution in [0.2, 0.25) is 0 Å². The van der Waals surface area contributed by atoms with Crippen LogP contribution in [0.3, 0.4) is 0 Å². The molecule has 1 aromatic carbocycles. The van der Waals surface area contributed by atoms with E-state index in [0.717, 1.165) is 11.1 Å². The summed E-state index contributed by atoms with van der Waals surface area (Å²) in [6, 6.07) is 9.99. The van der Waals surface area contributed by atoms with Crippen LogP contribution in [0.4, 0.5) is 5.69 Å². The van der Waals surface area contributed by atoms with Gasteiger partial charge in [-0.3, -0.25) is 15.1 Å². The van der Waals surface area contributed by atoms with E-state index in [4.69, 9.17) is 4.84 Å². The normalized spacial score (nSPS) is 11.2. The van der Waals surface area contributed by atoms with E-state index in [1.165, 1.54) is 19.2 Å². The van der Waals surface area contributed by atoms with Crippen molar-refractivity contribution in [2.45, 2.75) is 6.42 Å². The van der Waals surface area contributed by atoms with E-state index >= 15 is 0 Å². The molecule has 2 rings (SSSR count). The summed E-state index contributed by atoms with van der Waals surface area (Å²) >= 11 is 0. The largest absolute Gasteiger partial charge is 0.399 e. The summed E-state index contributed by atoms with van der Waals surface area (Å²) in [6.45, 7) is 0. The molecule has 0 aliphatic rings. The van der Waals surface area contributed by atoms with Crippen LogP contribution >= 0.6 is 0 Å². The topological polar surface area (TPSA) is 77.6 Å². The molecule has 6 nitrogen and oxygen atoms in total. The van der Waals surface area contributed by atoms with Gasteiger partial charge in [0.15, 0.2) is 0 Å². The second kappa shape index (κ2) is 6.42. The van der Waals surface area contributed by atoms with Gasteiger partial charge in [-0.05, 0) is 23.8 Å². The van der Waals surface area contributed by atoms with Crippen molar-refractivity contribution in [1.29, 1.82) is 0 Å². The molecular weight excluding hydrogens is 258 g/mol. The molecule has 102 valence electrons. The highest BCUT2D eigenvalue weighted by atomic mass is 16.6. The van der Waals surface area contributed by atoms with Crippen LogP contribution in [-0.2, 0) is 11.3 Å². The van der Waals surface area contributed by atoms with Gasteiger partial charge in [0.2, 0.25) is 0 Å². The Morgan fingerprint density at radius 1 is 1.35 bits per heavy atom. The lowest BCUT2D eigenvalue weighted by atomic mass is 10.0. The zero-order chi connectivity index (χ0) is 14.4. The third-order valence-corrected chi connectivity index (χ3v) is 2.71. The first kappa shape index (κ1) is 13.7. The Bertz CT molecular complexity index is 609. The van der Waals surface area contributed by atoms with Crippen molar-refractivity contribution in [2.75, 3.05) is 7.11 Å². The van der Waals surface area contributed by atoms with Gasteiger partial charge in [-0.15, -0.1) is 0 Å². The van der Waals surface area contributed by atoms with Gasteiger partial charge >= 0.3 is 0 Å². The molecule has 0 saturated carbocycles. The molecule has 0 bridgehead atoms. The SMILES string of the molecule is CON=C(Cc1cccnc1)c1ccc([N+](=O)[O-])cc1. The molecular formula is C14H13N3O3. The molecule has 0 atom stereocenters. The van der Waals surface area contributed by atoms with E-state index in [0.29, 0.717) is 12.1 Å². The van der Waals surface area contributed by atoms with E-state index < -0.39 is 4.92 Å². The van der Waals surface area contributed by atoms with Gasteiger partial charge in [-0.2, -0.15) is 0 Å². The maximum Gasteiger partial charge on any atom is 0.269 e. The van der Waals surface area contributed by atoms with Crippen LogP contribution < -0.4 is 0 Å². The maximum atomic E-state index is 10.6. The number of non-ortho nitro benzene ring substituents is 1. The molecule has 0 amide bonds. The number of pyridine rings is 1. The predicted molar refractivity (Wildman–Crippen MR) is 74.6 cm³/mol. The van der Waals surface area contributed by atoms with E-state index in [-0.39, 0.29) is 5.69 Å². The lowest BCUT2D eigenvalue weighted by Gasteiger charge is -2.05. The Morgan fingerprint density at radius 2 is 2.10 bits per heavy atom. The fourth-order valence-corrected chi connectivity index (χ4v) is 1.77. The zero-order valence-electron chi connectivity index (χ0n) is 10.9. The minimum atomic E-state index is -0.433. The molecule has 2 aromatic rings. The van der Waals surface area contributed by atoms with Crippen molar-refractivity contribution in [2.24, 2.45) is 5.16 Å². The van der Waals surface area contributed by atoms with Gasteiger partial charge in [-0.1, -0.05) is 11.2 Å². The van der Waals surface area contributed by atoms with E-state index in [9.17, 15) is 10.1 Å². The summed E-state index contributed by atoms with van der Waals surface area (Å²) in [7, 11) is 1.47. The Morgan fingerprint density at radius 3 is 2.65 bits per heavy atom. The molecule has 0 saturated heterocycles. The zero-order valence-corrected chi connectivity index (χ0v) is 10.9. The highest BCUT2D eigenvalue weighted by molar-refractivity contribution is 6.01. The Balaban J connectivity index is 2.25. The summed E-state index contributed by atoms with van der Waals surface area (Å²) in [5.74, 6) is 0. The fourth-order valence-electron chi connectivity index (χ4n) is 1.77. The van der Waals surface area contributed by atoms with Gasteiger partial charge in [0, 0.05) is 36.5 Å². The third kappa shape index (κ3) is 3.38. The first-order valence-corrected chi connectivity index (χ1v) is 5.94. The average Bonchev–Trinajstić information content (AvgIpc) is 2.48. The molecule has 6 heteroatoms. The average molecular weight is 271 g/mol. The van der Waals surface area contributed by atoms with E-state index in [2.05, 4.69) is 10.1 Å². The van der Waals surface area contributed by atoms with Crippen LogP contribution in [0.1, 0.15) is 11.1 Å². The first-order valence-electron chi connectivity index (χ1n) is 5.94. The molecule has 0 aliphatic carbocycles. The number of oxime groups is 1. The van der Waals surface area contributed by atoms with Crippen LogP contribution in [0.25, 0.3) is 0 Å². The van der Waals surface area contributed by atoms with Gasteiger partial charge in [0.25, 0.3) is 5.69 Å². The molecule has 1 aromatic heterocycles. The number of rotatable bonds is 5. The van der Waals surface area contributed by atoms with E-state index in [1.54, 1.807) is 24.5 Å². The lowest BCUT2D eigenvalue weighted by Crippen LogP contribution is -2.06. The Hall–Kier alpha value is -2.76. The number of nitro groups is 1. The van der Waals surface area contributed by atoms with Crippen molar-refractivity contribution >= 4 is 11.4 Å².